The summed E-state index contributed by atoms with van der Waals surface area (Å²) in [4.78, 5) is 15.5. The number of amides is 1. The molecule has 0 bridgehead atoms. The zero-order chi connectivity index (χ0) is 14.7. The average Bonchev–Trinajstić information content (AvgIpc) is 2.92. The van der Waals surface area contributed by atoms with Crippen molar-refractivity contribution in [3.63, 3.8) is 0 Å². The van der Waals surface area contributed by atoms with E-state index in [1.807, 2.05) is 4.90 Å². The highest BCUT2D eigenvalue weighted by Crippen LogP contribution is 2.23. The van der Waals surface area contributed by atoms with E-state index >= 15 is 0 Å². The first-order chi connectivity index (χ1) is 9.49. The summed E-state index contributed by atoms with van der Waals surface area (Å²) in [6.07, 6.45) is 1.40. The van der Waals surface area contributed by atoms with Crippen LogP contribution >= 0.6 is 0 Å². The van der Waals surface area contributed by atoms with Crippen molar-refractivity contribution in [2.45, 2.75) is 25.9 Å². The van der Waals surface area contributed by atoms with Crippen molar-refractivity contribution in [1.29, 1.82) is 0 Å². The molecule has 1 saturated heterocycles. The monoisotopic (exact) mass is 280 g/mol. The lowest BCUT2D eigenvalue weighted by Gasteiger charge is -2.23. The summed E-state index contributed by atoms with van der Waals surface area (Å²) in [6.45, 7) is 3.37. The second kappa shape index (κ2) is 6.22. The SMILES string of the molecule is CC(O)c1ccc(N(C)CC(=O)N2CCCC2)c(F)c1. The maximum atomic E-state index is 14.0. The van der Waals surface area contributed by atoms with E-state index in [0.717, 1.165) is 25.9 Å². The number of nitrogens with zero attached hydrogens (tertiary/aromatic N) is 2. The Hall–Kier alpha value is -1.62. The lowest BCUT2D eigenvalue weighted by atomic mass is 10.1. The van der Waals surface area contributed by atoms with Crippen molar-refractivity contribution < 1.29 is 14.3 Å². The van der Waals surface area contributed by atoms with Gasteiger partial charge >= 0.3 is 0 Å². The van der Waals surface area contributed by atoms with E-state index in [1.165, 1.54) is 6.07 Å². The zero-order valence-electron chi connectivity index (χ0n) is 12.0. The first-order valence-corrected chi connectivity index (χ1v) is 6.95. The first kappa shape index (κ1) is 14.8. The number of likely N-dealkylation sites (N-methyl/N-ethyl adjacent to an activating group) is 1. The van der Waals surface area contributed by atoms with Gasteiger partial charge in [-0.1, -0.05) is 6.07 Å². The summed E-state index contributed by atoms with van der Waals surface area (Å²) in [5.41, 5.74) is 0.910. The number of carbonyl (C=O) groups is 1. The van der Waals surface area contributed by atoms with Gasteiger partial charge < -0.3 is 14.9 Å². The summed E-state index contributed by atoms with van der Waals surface area (Å²) in [5, 5.41) is 9.43. The molecular weight excluding hydrogens is 259 g/mol. The topological polar surface area (TPSA) is 43.8 Å². The van der Waals surface area contributed by atoms with Gasteiger partial charge in [-0.3, -0.25) is 4.79 Å². The van der Waals surface area contributed by atoms with Crippen molar-refractivity contribution in [2.75, 3.05) is 31.6 Å². The third-order valence-corrected chi connectivity index (χ3v) is 3.70. The van der Waals surface area contributed by atoms with E-state index in [1.54, 1.807) is 31.0 Å². The fraction of sp³-hybridized carbons (Fsp3) is 0.533. The molecule has 4 nitrogen and oxygen atoms in total. The summed E-state index contributed by atoms with van der Waals surface area (Å²) < 4.78 is 14.0. The molecule has 1 amide bonds. The van der Waals surface area contributed by atoms with Crippen LogP contribution in [0.1, 0.15) is 31.4 Å². The number of carbonyl (C=O) groups excluding carboxylic acids is 1. The highest BCUT2D eigenvalue weighted by atomic mass is 19.1. The first-order valence-electron chi connectivity index (χ1n) is 6.95. The summed E-state index contributed by atoms with van der Waals surface area (Å²) in [7, 11) is 1.70. The summed E-state index contributed by atoms with van der Waals surface area (Å²) in [6, 6.07) is 4.60. The smallest absolute Gasteiger partial charge is 0.242 e. The fourth-order valence-electron chi connectivity index (χ4n) is 2.45. The molecule has 20 heavy (non-hydrogen) atoms. The van der Waals surface area contributed by atoms with Crippen LogP contribution in [0.5, 0.6) is 0 Å². The van der Waals surface area contributed by atoms with Crippen LogP contribution in [0.3, 0.4) is 0 Å². The number of rotatable bonds is 4. The minimum Gasteiger partial charge on any atom is -0.389 e. The van der Waals surface area contributed by atoms with Crippen molar-refractivity contribution in [1.82, 2.24) is 4.90 Å². The number of halogens is 1. The van der Waals surface area contributed by atoms with Crippen LogP contribution in [-0.4, -0.2) is 42.6 Å². The Balaban J connectivity index is 2.05. The normalized spacial score (nSPS) is 16.3. The average molecular weight is 280 g/mol. The van der Waals surface area contributed by atoms with E-state index in [0.29, 0.717) is 11.3 Å². The zero-order valence-corrected chi connectivity index (χ0v) is 12.0. The molecule has 0 radical (unpaired) electrons. The number of likely N-dealkylation sites (tertiary alicyclic amines) is 1. The number of aliphatic hydroxyl groups excluding tert-OH is 1. The minimum atomic E-state index is -0.699. The molecule has 0 aliphatic carbocycles. The van der Waals surface area contributed by atoms with Gasteiger partial charge in [0.1, 0.15) is 5.82 Å². The molecule has 110 valence electrons. The molecule has 1 heterocycles. The molecule has 1 aliphatic rings. The van der Waals surface area contributed by atoms with Crippen molar-refractivity contribution >= 4 is 11.6 Å². The second-order valence-corrected chi connectivity index (χ2v) is 5.33. The Kier molecular flexibility index (Phi) is 4.60. The van der Waals surface area contributed by atoms with Gasteiger partial charge in [0, 0.05) is 20.1 Å². The van der Waals surface area contributed by atoms with Gasteiger partial charge in [0.2, 0.25) is 5.91 Å². The van der Waals surface area contributed by atoms with Crippen molar-refractivity contribution in [3.8, 4) is 0 Å². The summed E-state index contributed by atoms with van der Waals surface area (Å²) in [5.74, 6) is -0.385. The van der Waals surface area contributed by atoms with Gasteiger partial charge in [0.25, 0.3) is 0 Å². The van der Waals surface area contributed by atoms with Crippen LogP contribution in [0.25, 0.3) is 0 Å². The van der Waals surface area contributed by atoms with Crippen LogP contribution in [-0.2, 0) is 4.79 Å². The van der Waals surface area contributed by atoms with Crippen LogP contribution in [0, 0.1) is 5.82 Å². The third-order valence-electron chi connectivity index (χ3n) is 3.70. The Morgan fingerprint density at radius 3 is 2.65 bits per heavy atom. The highest BCUT2D eigenvalue weighted by molar-refractivity contribution is 5.81. The predicted octanol–water partition coefficient (Wildman–Crippen LogP) is 1.94. The predicted molar refractivity (Wildman–Crippen MR) is 76.1 cm³/mol. The van der Waals surface area contributed by atoms with Crippen LogP contribution in [0.15, 0.2) is 18.2 Å². The van der Waals surface area contributed by atoms with Crippen LogP contribution in [0.2, 0.25) is 0 Å². The number of hydrogen-bond acceptors (Lipinski definition) is 3. The molecule has 1 aromatic carbocycles. The molecule has 0 saturated carbocycles. The summed E-state index contributed by atoms with van der Waals surface area (Å²) >= 11 is 0. The Morgan fingerprint density at radius 1 is 1.45 bits per heavy atom. The minimum absolute atomic E-state index is 0.0315. The molecule has 1 N–H and O–H groups in total. The second-order valence-electron chi connectivity index (χ2n) is 5.33. The number of aliphatic hydroxyl groups is 1. The fourth-order valence-corrected chi connectivity index (χ4v) is 2.45. The van der Waals surface area contributed by atoms with Gasteiger partial charge in [-0.25, -0.2) is 4.39 Å². The number of benzene rings is 1. The van der Waals surface area contributed by atoms with E-state index in [4.69, 9.17) is 0 Å². The van der Waals surface area contributed by atoms with Crippen LogP contribution in [0.4, 0.5) is 10.1 Å². The molecule has 0 spiro atoms. The molecule has 1 atom stereocenters. The molecule has 1 aromatic rings. The van der Waals surface area contributed by atoms with E-state index < -0.39 is 11.9 Å². The number of hydrogen-bond donors (Lipinski definition) is 1. The van der Waals surface area contributed by atoms with Crippen molar-refractivity contribution in [3.05, 3.63) is 29.6 Å². The Bertz CT molecular complexity index is 485. The molecule has 5 heteroatoms. The van der Waals surface area contributed by atoms with Crippen LogP contribution < -0.4 is 4.90 Å². The van der Waals surface area contributed by atoms with Crippen molar-refractivity contribution in [2.24, 2.45) is 0 Å². The molecule has 1 unspecified atom stereocenters. The molecule has 1 fully saturated rings. The number of anilines is 1. The standard InChI is InChI=1S/C15H21FN2O2/c1-11(19)12-5-6-14(13(16)9-12)17(2)10-15(20)18-7-3-4-8-18/h5-6,9,11,19H,3-4,7-8,10H2,1-2H3. The molecule has 0 aromatic heterocycles. The van der Waals surface area contributed by atoms with E-state index in [-0.39, 0.29) is 12.5 Å². The van der Waals surface area contributed by atoms with Gasteiger partial charge in [-0.05, 0) is 37.5 Å². The maximum absolute atomic E-state index is 14.0. The largest absolute Gasteiger partial charge is 0.389 e. The highest BCUT2D eigenvalue weighted by Gasteiger charge is 2.20. The molecular formula is C15H21FN2O2. The Morgan fingerprint density at radius 2 is 2.10 bits per heavy atom. The van der Waals surface area contributed by atoms with Gasteiger partial charge in [0.05, 0.1) is 18.3 Å². The quantitative estimate of drug-likeness (QED) is 0.916. The lowest BCUT2D eigenvalue weighted by molar-refractivity contribution is -0.128. The lowest BCUT2D eigenvalue weighted by Crippen LogP contribution is -2.37. The Labute approximate surface area is 118 Å². The van der Waals surface area contributed by atoms with E-state index in [9.17, 15) is 14.3 Å². The van der Waals surface area contributed by atoms with Gasteiger partial charge in [-0.15, -0.1) is 0 Å². The third kappa shape index (κ3) is 3.28. The molecule has 1 aliphatic heterocycles. The molecule has 2 rings (SSSR count). The van der Waals surface area contributed by atoms with E-state index in [2.05, 4.69) is 0 Å². The van der Waals surface area contributed by atoms with Gasteiger partial charge in [-0.2, -0.15) is 0 Å². The van der Waals surface area contributed by atoms with Gasteiger partial charge in [0.15, 0.2) is 0 Å². The maximum Gasteiger partial charge on any atom is 0.242 e.